The van der Waals surface area contributed by atoms with Crippen LogP contribution in [0.2, 0.25) is 5.02 Å². The lowest BCUT2D eigenvalue weighted by Gasteiger charge is -1.97. The van der Waals surface area contributed by atoms with Crippen molar-refractivity contribution in [2.24, 2.45) is 0 Å². The van der Waals surface area contributed by atoms with Gasteiger partial charge < -0.3 is 0 Å². The average molecular weight is 169 g/mol. The van der Waals surface area contributed by atoms with E-state index >= 15 is 0 Å². The van der Waals surface area contributed by atoms with E-state index in [0.717, 1.165) is 0 Å². The Balaban J connectivity index is 3.12. The van der Waals surface area contributed by atoms with Gasteiger partial charge >= 0.3 is 0 Å². The normalized spacial score (nSPS) is 9.18. The summed E-state index contributed by atoms with van der Waals surface area (Å²) >= 11 is 5.70. The van der Waals surface area contributed by atoms with Crippen LogP contribution in [0.15, 0.2) is 18.2 Å². The number of alkyl halides is 1. The molecule has 0 aliphatic heterocycles. The number of halogens is 2. The maximum Gasteiger partial charge on any atom is 0.115 e. The van der Waals surface area contributed by atoms with Gasteiger partial charge in [0.1, 0.15) is 6.67 Å². The van der Waals surface area contributed by atoms with Gasteiger partial charge in [0, 0.05) is 5.56 Å². The first-order valence-corrected chi connectivity index (χ1v) is 3.46. The molecule has 0 saturated heterocycles. The van der Waals surface area contributed by atoms with E-state index in [4.69, 9.17) is 18.0 Å². The summed E-state index contributed by atoms with van der Waals surface area (Å²) in [6.45, 7) is -0.509. The topological polar surface area (TPSA) is 0 Å². The molecule has 0 radical (unpaired) electrons. The Hall–Kier alpha value is -1.00. The molecule has 0 bridgehead atoms. The van der Waals surface area contributed by atoms with Crippen LogP contribution in [0.5, 0.6) is 0 Å². The number of hydrogen-bond donors (Lipinski definition) is 0. The van der Waals surface area contributed by atoms with Crippen LogP contribution in [0.3, 0.4) is 0 Å². The molecule has 0 heterocycles. The molecule has 0 unspecified atom stereocenters. The SMILES string of the molecule is C#Cc1ccc(CF)cc1Cl. The molecule has 2 heteroatoms. The first-order valence-electron chi connectivity index (χ1n) is 3.09. The van der Waals surface area contributed by atoms with Crippen molar-refractivity contribution >= 4 is 11.6 Å². The van der Waals surface area contributed by atoms with Crippen molar-refractivity contribution in [2.45, 2.75) is 6.67 Å². The summed E-state index contributed by atoms with van der Waals surface area (Å²) < 4.78 is 12.0. The Kier molecular flexibility index (Phi) is 2.51. The summed E-state index contributed by atoms with van der Waals surface area (Å²) in [5.74, 6) is 2.39. The maximum atomic E-state index is 12.0. The zero-order valence-corrected chi connectivity index (χ0v) is 6.53. The number of benzene rings is 1. The van der Waals surface area contributed by atoms with Crippen LogP contribution in [-0.4, -0.2) is 0 Å². The zero-order chi connectivity index (χ0) is 8.27. The van der Waals surface area contributed by atoms with Crippen LogP contribution in [0.25, 0.3) is 0 Å². The molecular weight excluding hydrogens is 163 g/mol. The predicted molar refractivity (Wildman–Crippen MR) is 44.2 cm³/mol. The van der Waals surface area contributed by atoms with Gasteiger partial charge in [0.2, 0.25) is 0 Å². The van der Waals surface area contributed by atoms with Gasteiger partial charge in [-0.25, -0.2) is 4.39 Å². The highest BCUT2D eigenvalue weighted by Crippen LogP contribution is 2.17. The first-order chi connectivity index (χ1) is 5.27. The summed E-state index contributed by atoms with van der Waals surface area (Å²) in [6, 6.07) is 4.80. The van der Waals surface area contributed by atoms with Crippen LogP contribution < -0.4 is 0 Å². The number of rotatable bonds is 1. The number of hydrogen-bond acceptors (Lipinski definition) is 0. The molecule has 1 aromatic carbocycles. The third-order valence-corrected chi connectivity index (χ3v) is 1.66. The molecule has 0 aromatic heterocycles. The van der Waals surface area contributed by atoms with Gasteiger partial charge in [0.25, 0.3) is 0 Å². The van der Waals surface area contributed by atoms with Gasteiger partial charge in [-0.05, 0) is 17.7 Å². The van der Waals surface area contributed by atoms with E-state index in [0.29, 0.717) is 16.1 Å². The van der Waals surface area contributed by atoms with Crippen molar-refractivity contribution in [1.29, 1.82) is 0 Å². The van der Waals surface area contributed by atoms with Crippen LogP contribution in [0.4, 0.5) is 4.39 Å². The smallest absolute Gasteiger partial charge is 0.115 e. The highest BCUT2D eigenvalue weighted by Gasteiger charge is 1.97. The quantitative estimate of drug-likeness (QED) is 0.566. The third kappa shape index (κ3) is 1.72. The van der Waals surface area contributed by atoms with Gasteiger partial charge in [-0.15, -0.1) is 6.42 Å². The summed E-state index contributed by atoms with van der Waals surface area (Å²) in [4.78, 5) is 0. The van der Waals surface area contributed by atoms with Crippen LogP contribution >= 0.6 is 11.6 Å². The maximum absolute atomic E-state index is 12.0. The van der Waals surface area contributed by atoms with Gasteiger partial charge in [0.05, 0.1) is 5.02 Å². The fourth-order valence-electron chi connectivity index (χ4n) is 0.759. The highest BCUT2D eigenvalue weighted by molar-refractivity contribution is 6.31. The Morgan fingerprint density at radius 3 is 2.73 bits per heavy atom. The molecule has 0 spiro atoms. The molecule has 0 atom stereocenters. The van der Waals surface area contributed by atoms with E-state index in [2.05, 4.69) is 5.92 Å². The fourth-order valence-corrected chi connectivity index (χ4v) is 1.02. The molecule has 1 rings (SSSR count). The van der Waals surface area contributed by atoms with Crippen molar-refractivity contribution in [2.75, 3.05) is 0 Å². The first kappa shape index (κ1) is 8.10. The fraction of sp³-hybridized carbons (Fsp3) is 0.111. The molecule has 0 saturated carbocycles. The Morgan fingerprint density at radius 2 is 2.27 bits per heavy atom. The Morgan fingerprint density at radius 1 is 1.55 bits per heavy atom. The van der Waals surface area contributed by atoms with Crippen molar-refractivity contribution in [3.05, 3.63) is 34.3 Å². The van der Waals surface area contributed by atoms with Crippen LogP contribution in [-0.2, 0) is 6.67 Å². The average Bonchev–Trinajstić information content (AvgIpc) is 2.04. The van der Waals surface area contributed by atoms with Gasteiger partial charge in [-0.1, -0.05) is 23.6 Å². The summed E-state index contributed by atoms with van der Waals surface area (Å²) in [5.41, 5.74) is 1.15. The largest absolute Gasteiger partial charge is 0.246 e. The molecule has 0 nitrogen and oxygen atoms in total. The minimum absolute atomic E-state index is 0.433. The second kappa shape index (κ2) is 3.41. The minimum Gasteiger partial charge on any atom is -0.246 e. The van der Waals surface area contributed by atoms with Crippen molar-refractivity contribution in [1.82, 2.24) is 0 Å². The molecule has 56 valence electrons. The monoisotopic (exact) mass is 168 g/mol. The van der Waals surface area contributed by atoms with Gasteiger partial charge in [0.15, 0.2) is 0 Å². The molecule has 0 fully saturated rings. The van der Waals surface area contributed by atoms with E-state index in [1.165, 1.54) is 6.07 Å². The second-order valence-corrected chi connectivity index (χ2v) is 2.50. The highest BCUT2D eigenvalue weighted by atomic mass is 35.5. The van der Waals surface area contributed by atoms with Gasteiger partial charge in [-0.2, -0.15) is 0 Å². The lowest BCUT2D eigenvalue weighted by atomic mass is 10.1. The lowest BCUT2D eigenvalue weighted by molar-refractivity contribution is 0.485. The molecular formula is C9H6ClF. The van der Waals surface area contributed by atoms with Crippen molar-refractivity contribution < 1.29 is 4.39 Å². The lowest BCUT2D eigenvalue weighted by Crippen LogP contribution is -1.81. The Bertz CT molecular complexity index is 299. The molecule has 0 N–H and O–H groups in total. The minimum atomic E-state index is -0.509. The summed E-state index contributed by atoms with van der Waals surface area (Å²) in [7, 11) is 0. The standard InChI is InChI=1S/C9H6ClF/c1-2-8-4-3-7(6-11)5-9(8)10/h1,3-5H,6H2. The van der Waals surface area contributed by atoms with E-state index < -0.39 is 6.67 Å². The predicted octanol–water partition coefficient (Wildman–Crippen LogP) is 2.79. The van der Waals surface area contributed by atoms with E-state index in [9.17, 15) is 4.39 Å². The Labute approximate surface area is 70.0 Å². The van der Waals surface area contributed by atoms with Crippen molar-refractivity contribution in [3.8, 4) is 12.3 Å². The molecule has 0 amide bonds. The van der Waals surface area contributed by atoms with E-state index in [-0.39, 0.29) is 0 Å². The zero-order valence-electron chi connectivity index (χ0n) is 5.77. The van der Waals surface area contributed by atoms with Crippen LogP contribution in [0, 0.1) is 12.3 Å². The summed E-state index contributed by atoms with van der Waals surface area (Å²) in [6.07, 6.45) is 5.11. The summed E-state index contributed by atoms with van der Waals surface area (Å²) in [5, 5.41) is 0.433. The molecule has 1 aromatic rings. The second-order valence-electron chi connectivity index (χ2n) is 2.09. The van der Waals surface area contributed by atoms with Crippen LogP contribution in [0.1, 0.15) is 11.1 Å². The van der Waals surface area contributed by atoms with Gasteiger partial charge in [-0.3, -0.25) is 0 Å². The van der Waals surface area contributed by atoms with E-state index in [1.54, 1.807) is 12.1 Å². The molecule has 0 aliphatic carbocycles. The molecule has 0 aliphatic rings. The van der Waals surface area contributed by atoms with E-state index in [1.807, 2.05) is 0 Å². The van der Waals surface area contributed by atoms with Crippen molar-refractivity contribution in [3.63, 3.8) is 0 Å². The number of terminal acetylenes is 1. The molecule has 11 heavy (non-hydrogen) atoms. The third-order valence-electron chi connectivity index (χ3n) is 1.34.